The van der Waals surface area contributed by atoms with E-state index in [0.29, 0.717) is 17.2 Å². The van der Waals surface area contributed by atoms with E-state index in [-0.39, 0.29) is 5.25 Å². The fourth-order valence-corrected chi connectivity index (χ4v) is 5.11. The molecule has 0 bridgehead atoms. The minimum Gasteiger partial charge on any atom is -0.313 e. The predicted octanol–water partition coefficient (Wildman–Crippen LogP) is 3.49. The molecule has 1 saturated carbocycles. The highest BCUT2D eigenvalue weighted by Crippen LogP contribution is 2.38. The van der Waals surface area contributed by atoms with E-state index in [0.717, 1.165) is 19.4 Å². The summed E-state index contributed by atoms with van der Waals surface area (Å²) in [5.41, 5.74) is 1.51. The van der Waals surface area contributed by atoms with Crippen LogP contribution < -0.4 is 5.32 Å². The van der Waals surface area contributed by atoms with Crippen LogP contribution in [-0.2, 0) is 16.6 Å². The zero-order valence-electron chi connectivity index (χ0n) is 12.9. The summed E-state index contributed by atoms with van der Waals surface area (Å²) in [6, 6.07) is 10.6. The van der Waals surface area contributed by atoms with Gasteiger partial charge in [-0.3, -0.25) is 4.21 Å². The SMILES string of the molecule is CCNC1CCC(C)(C)CC1S(=O)Cc1ccccc1. The molecule has 1 N–H and O–H groups in total. The van der Waals surface area contributed by atoms with Crippen molar-refractivity contribution in [1.82, 2.24) is 5.32 Å². The van der Waals surface area contributed by atoms with Crippen molar-refractivity contribution in [2.75, 3.05) is 6.54 Å². The third kappa shape index (κ3) is 4.16. The number of nitrogens with one attached hydrogen (secondary N) is 1. The third-order valence-electron chi connectivity index (χ3n) is 4.29. The average molecular weight is 293 g/mol. The highest BCUT2D eigenvalue weighted by Gasteiger charge is 2.37. The molecule has 0 aliphatic heterocycles. The van der Waals surface area contributed by atoms with Crippen molar-refractivity contribution in [3.63, 3.8) is 0 Å². The third-order valence-corrected chi connectivity index (χ3v) is 6.08. The Hall–Kier alpha value is -0.670. The summed E-state index contributed by atoms with van der Waals surface area (Å²) in [5, 5.41) is 3.82. The van der Waals surface area contributed by atoms with Crippen LogP contribution in [0.25, 0.3) is 0 Å². The Morgan fingerprint density at radius 3 is 2.65 bits per heavy atom. The van der Waals surface area contributed by atoms with Gasteiger partial charge in [-0.15, -0.1) is 0 Å². The summed E-state index contributed by atoms with van der Waals surface area (Å²) >= 11 is 0. The van der Waals surface area contributed by atoms with Crippen LogP contribution in [0.15, 0.2) is 30.3 Å². The van der Waals surface area contributed by atoms with Crippen LogP contribution in [0.5, 0.6) is 0 Å². The van der Waals surface area contributed by atoms with Gasteiger partial charge in [-0.1, -0.05) is 51.1 Å². The van der Waals surface area contributed by atoms with Gasteiger partial charge in [-0.25, -0.2) is 0 Å². The molecule has 3 heteroatoms. The maximum absolute atomic E-state index is 12.8. The quantitative estimate of drug-likeness (QED) is 0.900. The lowest BCUT2D eigenvalue weighted by Crippen LogP contribution is -2.48. The molecular formula is C17H27NOS. The lowest BCUT2D eigenvalue weighted by Gasteiger charge is -2.40. The van der Waals surface area contributed by atoms with Crippen LogP contribution in [0.1, 0.15) is 45.6 Å². The largest absolute Gasteiger partial charge is 0.313 e. The van der Waals surface area contributed by atoms with Crippen molar-refractivity contribution in [3.8, 4) is 0 Å². The lowest BCUT2D eigenvalue weighted by molar-refractivity contribution is 0.213. The van der Waals surface area contributed by atoms with Crippen LogP contribution in [-0.4, -0.2) is 22.0 Å². The molecule has 1 aromatic rings. The van der Waals surface area contributed by atoms with Crippen molar-refractivity contribution in [2.45, 2.75) is 57.1 Å². The van der Waals surface area contributed by atoms with Gasteiger partial charge in [0.1, 0.15) is 0 Å². The lowest BCUT2D eigenvalue weighted by atomic mass is 9.75. The number of hydrogen-bond donors (Lipinski definition) is 1. The molecule has 20 heavy (non-hydrogen) atoms. The van der Waals surface area contributed by atoms with Gasteiger partial charge in [-0.05, 0) is 36.8 Å². The molecule has 0 saturated heterocycles. The van der Waals surface area contributed by atoms with E-state index in [9.17, 15) is 4.21 Å². The van der Waals surface area contributed by atoms with Gasteiger partial charge in [0.2, 0.25) is 0 Å². The smallest absolute Gasteiger partial charge is 0.0509 e. The topological polar surface area (TPSA) is 29.1 Å². The van der Waals surface area contributed by atoms with Gasteiger partial charge in [-0.2, -0.15) is 0 Å². The van der Waals surface area contributed by atoms with E-state index in [4.69, 9.17) is 0 Å². The standard InChI is InChI=1S/C17H27NOS/c1-4-18-15-10-11-17(2,3)12-16(15)20(19)13-14-8-6-5-7-9-14/h5-9,15-16,18H,4,10-13H2,1-3H3. The van der Waals surface area contributed by atoms with Crippen LogP contribution in [0.2, 0.25) is 0 Å². The maximum Gasteiger partial charge on any atom is 0.0509 e. The van der Waals surface area contributed by atoms with Gasteiger partial charge in [0.25, 0.3) is 0 Å². The monoisotopic (exact) mass is 293 g/mol. The molecule has 0 aromatic heterocycles. The van der Waals surface area contributed by atoms with Gasteiger partial charge in [0, 0.05) is 22.6 Å². The van der Waals surface area contributed by atoms with Crippen molar-refractivity contribution in [3.05, 3.63) is 35.9 Å². The molecule has 1 aliphatic rings. The first-order chi connectivity index (χ1) is 9.52. The molecular weight excluding hydrogens is 266 g/mol. The minimum absolute atomic E-state index is 0.277. The fourth-order valence-electron chi connectivity index (χ4n) is 3.14. The molecule has 1 aliphatic carbocycles. The van der Waals surface area contributed by atoms with E-state index in [1.54, 1.807) is 0 Å². The van der Waals surface area contributed by atoms with E-state index in [1.807, 2.05) is 18.2 Å². The van der Waals surface area contributed by atoms with Crippen LogP contribution >= 0.6 is 0 Å². The van der Waals surface area contributed by atoms with Crippen LogP contribution in [0.3, 0.4) is 0 Å². The molecule has 0 heterocycles. The normalized spacial score (nSPS) is 27.1. The number of hydrogen-bond acceptors (Lipinski definition) is 2. The van der Waals surface area contributed by atoms with Crippen LogP contribution in [0.4, 0.5) is 0 Å². The Balaban J connectivity index is 2.07. The summed E-state index contributed by atoms with van der Waals surface area (Å²) in [4.78, 5) is 0. The molecule has 1 fully saturated rings. The van der Waals surface area contributed by atoms with Crippen molar-refractivity contribution in [2.24, 2.45) is 5.41 Å². The number of rotatable bonds is 5. The van der Waals surface area contributed by atoms with E-state index in [1.165, 1.54) is 12.0 Å². The van der Waals surface area contributed by atoms with E-state index in [2.05, 4.69) is 38.2 Å². The molecule has 3 atom stereocenters. The van der Waals surface area contributed by atoms with Gasteiger partial charge in [0.05, 0.1) is 5.25 Å². The van der Waals surface area contributed by atoms with Gasteiger partial charge >= 0.3 is 0 Å². The average Bonchev–Trinajstić information content (AvgIpc) is 2.42. The molecule has 0 spiro atoms. The summed E-state index contributed by atoms with van der Waals surface area (Å²) in [6.45, 7) is 7.71. The second kappa shape index (κ2) is 6.86. The second-order valence-corrected chi connectivity index (χ2v) is 8.28. The number of benzene rings is 1. The van der Waals surface area contributed by atoms with Gasteiger partial charge in [0.15, 0.2) is 0 Å². The predicted molar refractivity (Wildman–Crippen MR) is 87.2 cm³/mol. The first-order valence-corrected chi connectivity index (χ1v) is 9.04. The van der Waals surface area contributed by atoms with Crippen LogP contribution in [0, 0.1) is 5.41 Å². The van der Waals surface area contributed by atoms with Crippen molar-refractivity contribution >= 4 is 10.8 Å². The van der Waals surface area contributed by atoms with Gasteiger partial charge < -0.3 is 5.32 Å². The zero-order chi connectivity index (χ0) is 14.6. The first kappa shape index (κ1) is 15.7. The summed E-state index contributed by atoms with van der Waals surface area (Å²) in [7, 11) is -0.798. The first-order valence-electron chi connectivity index (χ1n) is 7.66. The molecule has 3 unspecified atom stereocenters. The molecule has 0 radical (unpaired) electrons. The molecule has 112 valence electrons. The Bertz CT molecular complexity index is 444. The fraction of sp³-hybridized carbons (Fsp3) is 0.647. The Labute approximate surface area is 125 Å². The Morgan fingerprint density at radius 2 is 2.00 bits per heavy atom. The zero-order valence-corrected chi connectivity index (χ0v) is 13.7. The van der Waals surface area contributed by atoms with E-state index < -0.39 is 10.8 Å². The van der Waals surface area contributed by atoms with Crippen molar-refractivity contribution < 1.29 is 4.21 Å². The molecule has 0 amide bonds. The molecule has 2 nitrogen and oxygen atoms in total. The highest BCUT2D eigenvalue weighted by atomic mass is 32.2. The molecule has 2 rings (SSSR count). The summed E-state index contributed by atoms with van der Waals surface area (Å²) < 4.78 is 12.8. The summed E-state index contributed by atoms with van der Waals surface area (Å²) in [5.74, 6) is 0.684. The second-order valence-electron chi connectivity index (χ2n) is 6.62. The minimum atomic E-state index is -0.798. The molecule has 1 aromatic carbocycles. The Morgan fingerprint density at radius 1 is 1.30 bits per heavy atom. The Kier molecular flexibility index (Phi) is 5.39. The summed E-state index contributed by atoms with van der Waals surface area (Å²) in [6.07, 6.45) is 3.43. The maximum atomic E-state index is 12.8. The highest BCUT2D eigenvalue weighted by molar-refractivity contribution is 7.84. The van der Waals surface area contributed by atoms with E-state index >= 15 is 0 Å². The van der Waals surface area contributed by atoms with Crippen molar-refractivity contribution in [1.29, 1.82) is 0 Å².